The minimum absolute atomic E-state index is 0.119. The molecule has 0 aromatic heterocycles. The molecule has 0 heterocycles. The first-order valence-corrected chi connectivity index (χ1v) is 9.05. The van der Waals surface area contributed by atoms with Gasteiger partial charge in [-0.15, -0.1) is 11.8 Å². The van der Waals surface area contributed by atoms with Crippen molar-refractivity contribution in [1.82, 2.24) is 5.32 Å². The average Bonchev–Trinajstić information content (AvgIpc) is 2.66. The molecule has 2 rings (SSSR count). The number of amides is 1. The number of nitrogens with one attached hydrogen (secondary N) is 1. The fourth-order valence-electron chi connectivity index (χ4n) is 2.15. The summed E-state index contributed by atoms with van der Waals surface area (Å²) < 4.78 is 10.5. The van der Waals surface area contributed by atoms with Crippen molar-refractivity contribution in [1.29, 1.82) is 0 Å². The lowest BCUT2D eigenvalue weighted by atomic mass is 10.1. The van der Waals surface area contributed by atoms with Gasteiger partial charge in [0.25, 0.3) is 0 Å². The molecule has 0 aliphatic rings. The van der Waals surface area contributed by atoms with E-state index in [4.69, 9.17) is 9.47 Å². The van der Waals surface area contributed by atoms with Crippen molar-refractivity contribution >= 4 is 17.7 Å². The molecule has 25 heavy (non-hydrogen) atoms. The second-order valence-corrected chi connectivity index (χ2v) is 6.33. The third kappa shape index (κ3) is 6.32. The molecule has 0 saturated heterocycles. The first kappa shape index (κ1) is 19.1. The van der Waals surface area contributed by atoms with Crippen LogP contribution in [0.1, 0.15) is 18.6 Å². The summed E-state index contributed by atoms with van der Waals surface area (Å²) in [4.78, 5) is 12.9. The van der Waals surface area contributed by atoms with E-state index < -0.39 is 6.10 Å². The molecule has 0 aliphatic heterocycles. The largest absolute Gasteiger partial charge is 0.497 e. The first-order valence-electron chi connectivity index (χ1n) is 8.06. The van der Waals surface area contributed by atoms with Crippen LogP contribution in [0.15, 0.2) is 53.4 Å². The summed E-state index contributed by atoms with van der Waals surface area (Å²) in [6, 6.07) is 14.7. The van der Waals surface area contributed by atoms with E-state index in [0.717, 1.165) is 22.0 Å². The van der Waals surface area contributed by atoms with Gasteiger partial charge in [-0.25, -0.2) is 0 Å². The molecule has 2 aromatic carbocycles. The SMILES string of the molecule is CCOc1ccc(SCC(=O)NCC(O)c2ccc(OC)cc2)cc1. The third-order valence-corrected chi connectivity index (χ3v) is 4.51. The molecule has 2 aromatic rings. The van der Waals surface area contributed by atoms with Crippen LogP contribution in [0.25, 0.3) is 0 Å². The molecule has 0 aliphatic carbocycles. The van der Waals surface area contributed by atoms with Crippen LogP contribution in [-0.4, -0.2) is 37.0 Å². The molecule has 0 radical (unpaired) electrons. The van der Waals surface area contributed by atoms with Crippen LogP contribution in [0, 0.1) is 0 Å². The van der Waals surface area contributed by atoms with E-state index in [1.807, 2.05) is 31.2 Å². The summed E-state index contributed by atoms with van der Waals surface area (Å²) in [5, 5.41) is 12.9. The van der Waals surface area contributed by atoms with E-state index in [2.05, 4.69) is 5.32 Å². The van der Waals surface area contributed by atoms with Crippen molar-refractivity contribution in [3.8, 4) is 11.5 Å². The Kier molecular flexibility index (Phi) is 7.63. The van der Waals surface area contributed by atoms with Gasteiger partial charge in [0, 0.05) is 11.4 Å². The number of aliphatic hydroxyl groups is 1. The highest BCUT2D eigenvalue weighted by Crippen LogP contribution is 2.21. The van der Waals surface area contributed by atoms with E-state index >= 15 is 0 Å². The number of ether oxygens (including phenoxy) is 2. The minimum Gasteiger partial charge on any atom is -0.497 e. The Bertz CT molecular complexity index is 658. The van der Waals surface area contributed by atoms with Crippen LogP contribution < -0.4 is 14.8 Å². The van der Waals surface area contributed by atoms with Crippen molar-refractivity contribution in [2.24, 2.45) is 0 Å². The van der Waals surface area contributed by atoms with Crippen LogP contribution in [0.2, 0.25) is 0 Å². The van der Waals surface area contributed by atoms with E-state index in [1.165, 1.54) is 11.8 Å². The van der Waals surface area contributed by atoms with Gasteiger partial charge in [0.2, 0.25) is 5.91 Å². The van der Waals surface area contributed by atoms with Crippen LogP contribution in [0.3, 0.4) is 0 Å². The van der Waals surface area contributed by atoms with Gasteiger partial charge in [0.1, 0.15) is 11.5 Å². The number of aliphatic hydroxyl groups excluding tert-OH is 1. The van der Waals surface area contributed by atoms with Crippen molar-refractivity contribution < 1.29 is 19.4 Å². The van der Waals surface area contributed by atoms with Gasteiger partial charge in [-0.05, 0) is 48.9 Å². The monoisotopic (exact) mass is 361 g/mol. The molecule has 0 spiro atoms. The highest BCUT2D eigenvalue weighted by atomic mass is 32.2. The highest BCUT2D eigenvalue weighted by Gasteiger charge is 2.10. The van der Waals surface area contributed by atoms with Gasteiger partial charge in [-0.2, -0.15) is 0 Å². The molecule has 1 atom stereocenters. The fraction of sp³-hybridized carbons (Fsp3) is 0.316. The molecule has 0 saturated carbocycles. The molecule has 1 amide bonds. The lowest BCUT2D eigenvalue weighted by molar-refractivity contribution is -0.119. The predicted molar refractivity (Wildman–Crippen MR) is 99.3 cm³/mol. The Hall–Kier alpha value is -2.18. The lowest BCUT2D eigenvalue weighted by Crippen LogP contribution is -2.29. The standard InChI is InChI=1S/C19H23NO4S/c1-3-24-16-8-10-17(11-9-16)25-13-19(22)20-12-18(21)14-4-6-15(23-2)7-5-14/h4-11,18,21H,3,12-13H2,1-2H3,(H,20,22). The maximum Gasteiger partial charge on any atom is 0.230 e. The Morgan fingerprint density at radius 3 is 2.36 bits per heavy atom. The number of carbonyl (C=O) groups excluding carboxylic acids is 1. The molecule has 134 valence electrons. The van der Waals surface area contributed by atoms with E-state index in [0.29, 0.717) is 12.4 Å². The van der Waals surface area contributed by atoms with Gasteiger partial charge in [-0.3, -0.25) is 4.79 Å². The summed E-state index contributed by atoms with van der Waals surface area (Å²) in [6.07, 6.45) is -0.745. The molecule has 0 fully saturated rings. The van der Waals surface area contributed by atoms with Crippen molar-refractivity contribution in [3.05, 3.63) is 54.1 Å². The van der Waals surface area contributed by atoms with Crippen LogP contribution in [0.4, 0.5) is 0 Å². The fourth-order valence-corrected chi connectivity index (χ4v) is 2.88. The van der Waals surface area contributed by atoms with Crippen LogP contribution in [-0.2, 0) is 4.79 Å². The second kappa shape index (κ2) is 9.96. The molecule has 6 heteroatoms. The van der Waals surface area contributed by atoms with Gasteiger partial charge >= 0.3 is 0 Å². The summed E-state index contributed by atoms with van der Waals surface area (Å²) in [5.74, 6) is 1.72. The van der Waals surface area contributed by atoms with Crippen molar-refractivity contribution in [2.45, 2.75) is 17.9 Å². The van der Waals surface area contributed by atoms with E-state index in [1.54, 1.807) is 31.4 Å². The van der Waals surface area contributed by atoms with Gasteiger partial charge in [0.05, 0.1) is 25.6 Å². The van der Waals surface area contributed by atoms with Crippen LogP contribution >= 0.6 is 11.8 Å². The Morgan fingerprint density at radius 2 is 1.76 bits per heavy atom. The molecular weight excluding hydrogens is 338 g/mol. The smallest absolute Gasteiger partial charge is 0.230 e. The van der Waals surface area contributed by atoms with E-state index in [-0.39, 0.29) is 12.5 Å². The molecule has 1 unspecified atom stereocenters. The Labute approximate surface area is 152 Å². The number of carbonyl (C=O) groups is 1. The van der Waals surface area contributed by atoms with Crippen molar-refractivity contribution in [2.75, 3.05) is 26.0 Å². The molecular formula is C19H23NO4S. The molecule has 0 bridgehead atoms. The summed E-state index contributed by atoms with van der Waals surface area (Å²) in [5.41, 5.74) is 0.736. The minimum atomic E-state index is -0.745. The number of methoxy groups -OCH3 is 1. The summed E-state index contributed by atoms with van der Waals surface area (Å²) >= 11 is 1.44. The zero-order valence-corrected chi connectivity index (χ0v) is 15.2. The zero-order valence-electron chi connectivity index (χ0n) is 14.4. The summed E-state index contributed by atoms with van der Waals surface area (Å²) in [6.45, 7) is 2.74. The van der Waals surface area contributed by atoms with Crippen molar-refractivity contribution in [3.63, 3.8) is 0 Å². The second-order valence-electron chi connectivity index (χ2n) is 5.29. The first-order chi connectivity index (χ1) is 12.1. The maximum absolute atomic E-state index is 11.9. The van der Waals surface area contributed by atoms with Crippen LogP contribution in [0.5, 0.6) is 11.5 Å². The van der Waals surface area contributed by atoms with Gasteiger partial charge < -0.3 is 19.9 Å². The maximum atomic E-state index is 11.9. The predicted octanol–water partition coefficient (Wildman–Crippen LogP) is 3.04. The topological polar surface area (TPSA) is 67.8 Å². The van der Waals surface area contributed by atoms with Gasteiger partial charge in [0.15, 0.2) is 0 Å². The van der Waals surface area contributed by atoms with E-state index in [9.17, 15) is 9.90 Å². The average molecular weight is 361 g/mol. The normalized spacial score (nSPS) is 11.6. The Balaban J connectivity index is 1.74. The molecule has 5 nitrogen and oxygen atoms in total. The molecule has 2 N–H and O–H groups in total. The quantitative estimate of drug-likeness (QED) is 0.672. The number of thioether (sulfide) groups is 1. The lowest BCUT2D eigenvalue weighted by Gasteiger charge is -2.13. The Morgan fingerprint density at radius 1 is 1.12 bits per heavy atom. The number of hydrogen-bond acceptors (Lipinski definition) is 5. The number of hydrogen-bond donors (Lipinski definition) is 2. The highest BCUT2D eigenvalue weighted by molar-refractivity contribution is 8.00. The van der Waals surface area contributed by atoms with Gasteiger partial charge in [-0.1, -0.05) is 12.1 Å². The number of rotatable bonds is 9. The number of benzene rings is 2. The zero-order chi connectivity index (χ0) is 18.1. The third-order valence-electron chi connectivity index (χ3n) is 3.50. The summed E-state index contributed by atoms with van der Waals surface area (Å²) in [7, 11) is 1.59.